The minimum absolute atomic E-state index is 0.683. The third-order valence-corrected chi connectivity index (χ3v) is 2.77. The number of nitrogens with two attached hydrogens (primary N) is 1. The lowest BCUT2D eigenvalue weighted by Gasteiger charge is -2.18. The summed E-state index contributed by atoms with van der Waals surface area (Å²) in [5.74, 6) is 3.33. The summed E-state index contributed by atoms with van der Waals surface area (Å²) in [5, 5.41) is 3.22. The van der Waals surface area contributed by atoms with E-state index in [2.05, 4.69) is 25.2 Å². The first-order valence-corrected chi connectivity index (χ1v) is 6.36. The Hall–Kier alpha value is -2.08. The third-order valence-electron chi connectivity index (χ3n) is 2.77. The molecule has 6 heteroatoms. The number of nitrogens with one attached hydrogen (secondary N) is 2. The van der Waals surface area contributed by atoms with Crippen molar-refractivity contribution >= 4 is 17.5 Å². The Bertz CT molecular complexity index is 508. The fourth-order valence-electron chi connectivity index (χ4n) is 1.80. The monoisotopic (exact) mass is 260 g/mol. The molecule has 2 aromatic heterocycles. The smallest absolute Gasteiger partial charge is 0.137 e. The molecule has 0 aliphatic heterocycles. The van der Waals surface area contributed by atoms with Crippen molar-refractivity contribution < 1.29 is 0 Å². The Morgan fingerprint density at radius 3 is 2.95 bits per heavy atom. The normalized spacial score (nSPS) is 10.5. The van der Waals surface area contributed by atoms with Crippen molar-refractivity contribution in [2.45, 2.75) is 13.3 Å². The van der Waals surface area contributed by atoms with E-state index in [4.69, 9.17) is 5.73 Å². The number of nitrogens with zero attached hydrogens (tertiary/aromatic N) is 3. The van der Waals surface area contributed by atoms with Gasteiger partial charge >= 0.3 is 0 Å². The number of hydrogen-bond acceptors (Lipinski definition) is 5. The number of rotatable bonds is 6. The first-order chi connectivity index (χ1) is 9.19. The summed E-state index contributed by atoms with van der Waals surface area (Å²) in [7, 11) is 2.01. The molecule has 0 spiro atoms. The van der Waals surface area contributed by atoms with Crippen molar-refractivity contribution in [2.24, 2.45) is 5.73 Å². The molecule has 0 aliphatic rings. The van der Waals surface area contributed by atoms with E-state index in [1.807, 2.05) is 38.4 Å². The SMILES string of the molecule is Cc1nc(Nc2ccc[nH]2)cc(N(C)CCCN)n1. The van der Waals surface area contributed by atoms with Crippen LogP contribution in [0, 0.1) is 6.92 Å². The van der Waals surface area contributed by atoms with Crippen molar-refractivity contribution in [3.05, 3.63) is 30.2 Å². The van der Waals surface area contributed by atoms with Gasteiger partial charge in [-0.25, -0.2) is 9.97 Å². The Morgan fingerprint density at radius 1 is 1.42 bits per heavy atom. The second kappa shape index (κ2) is 6.19. The predicted octanol–water partition coefficient (Wildman–Crippen LogP) is 1.64. The molecule has 0 aromatic carbocycles. The predicted molar refractivity (Wildman–Crippen MR) is 77.8 cm³/mol. The van der Waals surface area contributed by atoms with Crippen molar-refractivity contribution in [3.8, 4) is 0 Å². The van der Waals surface area contributed by atoms with Crippen LogP contribution < -0.4 is 16.0 Å². The van der Waals surface area contributed by atoms with Crippen molar-refractivity contribution in [3.63, 3.8) is 0 Å². The molecular formula is C13H20N6. The highest BCUT2D eigenvalue weighted by atomic mass is 15.2. The van der Waals surface area contributed by atoms with Crippen LogP contribution in [0.5, 0.6) is 0 Å². The van der Waals surface area contributed by atoms with Crippen LogP contribution in [0.25, 0.3) is 0 Å². The zero-order chi connectivity index (χ0) is 13.7. The van der Waals surface area contributed by atoms with Crippen molar-refractivity contribution in [1.29, 1.82) is 0 Å². The lowest BCUT2D eigenvalue weighted by Crippen LogP contribution is -2.22. The van der Waals surface area contributed by atoms with Gasteiger partial charge in [0.25, 0.3) is 0 Å². The van der Waals surface area contributed by atoms with E-state index < -0.39 is 0 Å². The highest BCUT2D eigenvalue weighted by Crippen LogP contribution is 2.18. The van der Waals surface area contributed by atoms with E-state index in [-0.39, 0.29) is 0 Å². The number of aromatic amines is 1. The molecule has 2 aromatic rings. The van der Waals surface area contributed by atoms with Gasteiger partial charge in [0.05, 0.1) is 0 Å². The summed E-state index contributed by atoms with van der Waals surface area (Å²) in [5.41, 5.74) is 5.53. The van der Waals surface area contributed by atoms with Gasteiger partial charge in [-0.3, -0.25) is 0 Å². The Kier molecular flexibility index (Phi) is 4.35. The molecule has 2 heterocycles. The van der Waals surface area contributed by atoms with Crippen LogP contribution in [-0.4, -0.2) is 35.1 Å². The molecule has 19 heavy (non-hydrogen) atoms. The zero-order valence-electron chi connectivity index (χ0n) is 11.3. The molecule has 0 radical (unpaired) electrons. The maximum atomic E-state index is 5.53. The second-order valence-corrected chi connectivity index (χ2v) is 4.43. The summed E-state index contributed by atoms with van der Waals surface area (Å²) >= 11 is 0. The van der Waals surface area contributed by atoms with E-state index in [0.29, 0.717) is 6.54 Å². The van der Waals surface area contributed by atoms with Gasteiger partial charge in [-0.05, 0) is 32.0 Å². The molecule has 0 amide bonds. The van der Waals surface area contributed by atoms with Crippen LogP contribution in [0.3, 0.4) is 0 Å². The maximum absolute atomic E-state index is 5.53. The molecule has 0 atom stereocenters. The van der Waals surface area contributed by atoms with E-state index in [9.17, 15) is 0 Å². The topological polar surface area (TPSA) is 82.9 Å². The molecule has 0 saturated carbocycles. The molecule has 0 unspecified atom stereocenters. The summed E-state index contributed by atoms with van der Waals surface area (Å²) in [6, 6.07) is 5.82. The minimum atomic E-state index is 0.683. The fourth-order valence-corrected chi connectivity index (χ4v) is 1.80. The van der Waals surface area contributed by atoms with Gasteiger partial charge < -0.3 is 20.9 Å². The minimum Gasteiger partial charge on any atom is -0.359 e. The summed E-state index contributed by atoms with van der Waals surface area (Å²) in [4.78, 5) is 14.0. The first kappa shape index (κ1) is 13.4. The van der Waals surface area contributed by atoms with Gasteiger partial charge in [-0.2, -0.15) is 0 Å². The summed E-state index contributed by atoms with van der Waals surface area (Å²) in [6.07, 6.45) is 2.81. The van der Waals surface area contributed by atoms with Gasteiger partial charge in [0.1, 0.15) is 23.3 Å². The Morgan fingerprint density at radius 2 is 2.26 bits per heavy atom. The van der Waals surface area contributed by atoms with Crippen LogP contribution >= 0.6 is 0 Å². The molecule has 102 valence electrons. The lowest BCUT2D eigenvalue weighted by atomic mass is 10.4. The van der Waals surface area contributed by atoms with Crippen LogP contribution in [0.2, 0.25) is 0 Å². The average molecular weight is 260 g/mol. The number of H-pyrrole nitrogens is 1. The first-order valence-electron chi connectivity index (χ1n) is 6.36. The molecule has 0 fully saturated rings. The van der Waals surface area contributed by atoms with Gasteiger partial charge in [-0.1, -0.05) is 0 Å². The number of anilines is 3. The second-order valence-electron chi connectivity index (χ2n) is 4.43. The number of aromatic nitrogens is 3. The summed E-state index contributed by atoms with van der Waals surface area (Å²) < 4.78 is 0. The standard InChI is InChI=1S/C13H20N6/c1-10-16-12(18-11-5-3-7-15-11)9-13(17-10)19(2)8-4-6-14/h3,5,7,9,15H,4,6,8,14H2,1-2H3,(H,16,17,18). The molecule has 6 nitrogen and oxygen atoms in total. The molecule has 0 saturated heterocycles. The van der Waals surface area contributed by atoms with E-state index in [1.54, 1.807) is 0 Å². The molecule has 0 bridgehead atoms. The van der Waals surface area contributed by atoms with E-state index >= 15 is 0 Å². The average Bonchev–Trinajstić information content (AvgIpc) is 2.88. The lowest BCUT2D eigenvalue weighted by molar-refractivity contribution is 0.783. The molecule has 4 N–H and O–H groups in total. The fraction of sp³-hybridized carbons (Fsp3) is 0.385. The Balaban J connectivity index is 2.14. The molecular weight excluding hydrogens is 240 g/mol. The summed E-state index contributed by atoms with van der Waals surface area (Å²) in [6.45, 7) is 3.46. The van der Waals surface area contributed by atoms with Gasteiger partial charge in [0, 0.05) is 25.9 Å². The highest BCUT2D eigenvalue weighted by Gasteiger charge is 2.06. The van der Waals surface area contributed by atoms with Gasteiger partial charge in [0.15, 0.2) is 0 Å². The maximum Gasteiger partial charge on any atom is 0.137 e. The number of aryl methyl sites for hydroxylation is 1. The van der Waals surface area contributed by atoms with Crippen LogP contribution in [0.1, 0.15) is 12.2 Å². The van der Waals surface area contributed by atoms with Crippen LogP contribution in [0.15, 0.2) is 24.4 Å². The zero-order valence-corrected chi connectivity index (χ0v) is 11.3. The Labute approximate surface area is 113 Å². The van der Waals surface area contributed by atoms with Crippen LogP contribution in [-0.2, 0) is 0 Å². The van der Waals surface area contributed by atoms with Gasteiger partial charge in [-0.15, -0.1) is 0 Å². The largest absolute Gasteiger partial charge is 0.359 e. The van der Waals surface area contributed by atoms with Crippen molar-refractivity contribution in [2.75, 3.05) is 30.4 Å². The number of hydrogen-bond donors (Lipinski definition) is 3. The molecule has 2 rings (SSSR count). The van der Waals surface area contributed by atoms with E-state index in [1.165, 1.54) is 0 Å². The van der Waals surface area contributed by atoms with Crippen LogP contribution in [0.4, 0.5) is 17.5 Å². The van der Waals surface area contributed by atoms with E-state index in [0.717, 1.165) is 36.2 Å². The third kappa shape index (κ3) is 3.69. The van der Waals surface area contributed by atoms with Crippen molar-refractivity contribution in [1.82, 2.24) is 15.0 Å². The van der Waals surface area contributed by atoms with Gasteiger partial charge in [0.2, 0.25) is 0 Å². The quantitative estimate of drug-likeness (QED) is 0.735. The molecule has 0 aliphatic carbocycles. The highest BCUT2D eigenvalue weighted by molar-refractivity contribution is 5.56.